The number of sulfone groups is 1. The van der Waals surface area contributed by atoms with E-state index in [4.69, 9.17) is 0 Å². The SMILES string of the molecule is CCCC(CCC)S(=O)(=O)C[C@@H](NC(C)=O)C(=O)N[C@@H](Cc1cc(F)cc(F)c1)[C@H](O)CNCc1cccc(CC)c1.Cl. The summed E-state index contributed by atoms with van der Waals surface area (Å²) in [5, 5.41) is 18.7. The van der Waals surface area contributed by atoms with Gasteiger partial charge in [-0.3, -0.25) is 9.59 Å². The van der Waals surface area contributed by atoms with Gasteiger partial charge in [-0.15, -0.1) is 12.4 Å². The van der Waals surface area contributed by atoms with Crippen LogP contribution in [0.2, 0.25) is 0 Å². The molecule has 3 atom stereocenters. The van der Waals surface area contributed by atoms with E-state index in [1.165, 1.54) is 6.92 Å². The first-order valence-electron chi connectivity index (χ1n) is 14.6. The maximum absolute atomic E-state index is 13.9. The second-order valence-corrected chi connectivity index (χ2v) is 13.1. The van der Waals surface area contributed by atoms with Crippen molar-refractivity contribution < 1.29 is 31.9 Å². The lowest BCUT2D eigenvalue weighted by Crippen LogP contribution is -2.56. The van der Waals surface area contributed by atoms with Crippen LogP contribution in [0.15, 0.2) is 42.5 Å². The Morgan fingerprint density at radius 2 is 1.51 bits per heavy atom. The van der Waals surface area contributed by atoms with Crippen molar-refractivity contribution in [3.8, 4) is 0 Å². The van der Waals surface area contributed by atoms with E-state index in [0.717, 1.165) is 35.7 Å². The molecule has 0 heterocycles. The van der Waals surface area contributed by atoms with Gasteiger partial charge in [-0.1, -0.05) is 57.9 Å². The average molecular weight is 646 g/mol. The average Bonchev–Trinajstić information content (AvgIpc) is 2.91. The number of carbonyl (C=O) groups excluding carboxylic acids is 2. The van der Waals surface area contributed by atoms with Crippen LogP contribution in [0.25, 0.3) is 0 Å². The fourth-order valence-electron chi connectivity index (χ4n) is 4.96. The van der Waals surface area contributed by atoms with Crippen LogP contribution in [0.3, 0.4) is 0 Å². The smallest absolute Gasteiger partial charge is 0.243 e. The summed E-state index contributed by atoms with van der Waals surface area (Å²) in [4.78, 5) is 25.4. The molecule has 0 aromatic heterocycles. The van der Waals surface area contributed by atoms with Crippen LogP contribution in [-0.4, -0.2) is 61.1 Å². The number of halogens is 3. The molecule has 43 heavy (non-hydrogen) atoms. The second-order valence-electron chi connectivity index (χ2n) is 10.8. The highest BCUT2D eigenvalue weighted by atomic mass is 35.5. The Hall–Kier alpha value is -2.60. The molecule has 2 aromatic carbocycles. The molecule has 0 spiro atoms. The molecule has 0 saturated heterocycles. The summed E-state index contributed by atoms with van der Waals surface area (Å²) >= 11 is 0. The van der Waals surface area contributed by atoms with Crippen LogP contribution in [0, 0.1) is 11.6 Å². The third-order valence-electron chi connectivity index (χ3n) is 7.07. The fraction of sp³-hybridized carbons (Fsp3) is 0.548. The Bertz CT molecular complexity index is 1260. The van der Waals surface area contributed by atoms with Crippen molar-refractivity contribution in [1.29, 1.82) is 0 Å². The van der Waals surface area contributed by atoms with Crippen molar-refractivity contribution in [2.24, 2.45) is 0 Å². The molecule has 0 aliphatic rings. The van der Waals surface area contributed by atoms with Crippen LogP contribution in [-0.2, 0) is 38.8 Å². The van der Waals surface area contributed by atoms with Gasteiger partial charge in [0, 0.05) is 26.1 Å². The van der Waals surface area contributed by atoms with Gasteiger partial charge in [-0.25, -0.2) is 17.2 Å². The van der Waals surface area contributed by atoms with Crippen molar-refractivity contribution >= 4 is 34.1 Å². The number of aliphatic hydroxyl groups excluding tert-OH is 1. The minimum absolute atomic E-state index is 0. The Morgan fingerprint density at radius 1 is 0.907 bits per heavy atom. The van der Waals surface area contributed by atoms with Crippen molar-refractivity contribution in [2.75, 3.05) is 12.3 Å². The summed E-state index contributed by atoms with van der Waals surface area (Å²) in [7, 11) is -3.76. The van der Waals surface area contributed by atoms with Crippen molar-refractivity contribution in [2.45, 2.75) is 96.2 Å². The van der Waals surface area contributed by atoms with Crippen molar-refractivity contribution in [3.05, 3.63) is 70.8 Å². The molecule has 0 bridgehead atoms. The first kappa shape index (κ1) is 38.4. The summed E-state index contributed by atoms with van der Waals surface area (Å²) in [6.07, 6.45) is 1.69. The predicted octanol–water partition coefficient (Wildman–Crippen LogP) is 4.02. The molecule has 0 fully saturated rings. The van der Waals surface area contributed by atoms with Crippen molar-refractivity contribution in [3.63, 3.8) is 0 Å². The Morgan fingerprint density at radius 3 is 2.07 bits per heavy atom. The number of benzene rings is 2. The van der Waals surface area contributed by atoms with Gasteiger partial charge in [0.1, 0.15) is 17.7 Å². The molecule has 0 unspecified atom stereocenters. The normalized spacial score (nSPS) is 13.6. The number of aryl methyl sites for hydroxylation is 1. The van der Waals surface area contributed by atoms with E-state index < -0.39 is 62.5 Å². The number of hydrogen-bond acceptors (Lipinski definition) is 6. The molecule has 0 radical (unpaired) electrons. The van der Waals surface area contributed by atoms with Crippen molar-refractivity contribution in [1.82, 2.24) is 16.0 Å². The molecular weight excluding hydrogens is 600 g/mol. The molecule has 8 nitrogen and oxygen atoms in total. The van der Waals surface area contributed by atoms with Gasteiger partial charge in [0.2, 0.25) is 11.8 Å². The van der Waals surface area contributed by atoms with Gasteiger partial charge in [-0.05, 0) is 54.5 Å². The minimum Gasteiger partial charge on any atom is -0.390 e. The molecule has 0 saturated carbocycles. The highest BCUT2D eigenvalue weighted by Gasteiger charge is 2.33. The van der Waals surface area contributed by atoms with E-state index in [0.29, 0.717) is 32.2 Å². The number of nitrogens with one attached hydrogen (secondary N) is 3. The van der Waals surface area contributed by atoms with E-state index in [1.807, 2.05) is 45.0 Å². The molecule has 2 rings (SSSR count). The molecule has 0 aliphatic carbocycles. The number of carbonyl (C=O) groups is 2. The third-order valence-corrected chi connectivity index (χ3v) is 9.36. The largest absolute Gasteiger partial charge is 0.390 e. The van der Waals surface area contributed by atoms with Crippen LogP contribution < -0.4 is 16.0 Å². The van der Waals surface area contributed by atoms with E-state index in [2.05, 4.69) is 16.0 Å². The molecule has 0 aliphatic heterocycles. The standard InChI is InChI=1S/C31H45F2N3O5S.ClH/c1-5-9-27(10-6-2)42(40,41)20-29(35-21(4)37)31(39)36-28(16-24-14-25(32)17-26(33)15-24)30(38)19-34-18-23-12-8-11-22(7-3)13-23;/h8,11-15,17,27-30,34,38H,5-7,9-10,16,18-20H2,1-4H3,(H,35,37)(H,36,39);1H/t28-,29+,30+;/m0./s1. The first-order chi connectivity index (χ1) is 19.9. The summed E-state index contributed by atoms with van der Waals surface area (Å²) in [6, 6.07) is 8.41. The van der Waals surface area contributed by atoms with Gasteiger partial charge < -0.3 is 21.1 Å². The first-order valence-corrected chi connectivity index (χ1v) is 16.3. The monoisotopic (exact) mass is 645 g/mol. The third kappa shape index (κ3) is 13.3. The summed E-state index contributed by atoms with van der Waals surface area (Å²) in [5.74, 6) is -3.62. The molecule has 242 valence electrons. The zero-order valence-corrected chi connectivity index (χ0v) is 27.0. The molecule has 2 aromatic rings. The number of amides is 2. The maximum atomic E-state index is 13.9. The van der Waals surface area contributed by atoms with Crippen LogP contribution >= 0.6 is 12.4 Å². The van der Waals surface area contributed by atoms with Gasteiger partial charge >= 0.3 is 0 Å². The van der Waals surface area contributed by atoms with Crippen LogP contribution in [0.4, 0.5) is 8.78 Å². The lowest BCUT2D eigenvalue weighted by molar-refractivity contribution is -0.128. The van der Waals surface area contributed by atoms with Gasteiger partial charge in [0.15, 0.2) is 9.84 Å². The van der Waals surface area contributed by atoms with Gasteiger partial charge in [-0.2, -0.15) is 0 Å². The maximum Gasteiger partial charge on any atom is 0.243 e. The van der Waals surface area contributed by atoms with Gasteiger partial charge in [0.05, 0.1) is 23.1 Å². The quantitative estimate of drug-likeness (QED) is 0.194. The fourth-order valence-corrected chi connectivity index (χ4v) is 7.12. The zero-order valence-electron chi connectivity index (χ0n) is 25.4. The minimum atomic E-state index is -3.76. The number of hydrogen-bond donors (Lipinski definition) is 4. The summed E-state index contributed by atoms with van der Waals surface area (Å²) < 4.78 is 54.4. The Balaban J connectivity index is 0.00000924. The summed E-state index contributed by atoms with van der Waals surface area (Å²) in [5.41, 5.74) is 2.35. The molecule has 12 heteroatoms. The Labute approximate surface area is 260 Å². The van der Waals surface area contributed by atoms with Gasteiger partial charge in [0.25, 0.3) is 0 Å². The van der Waals surface area contributed by atoms with Crippen LogP contribution in [0.5, 0.6) is 0 Å². The van der Waals surface area contributed by atoms with E-state index in [9.17, 15) is 31.9 Å². The van der Waals surface area contributed by atoms with Crippen LogP contribution in [0.1, 0.15) is 70.1 Å². The van der Waals surface area contributed by atoms with E-state index in [-0.39, 0.29) is 30.9 Å². The lowest BCUT2D eigenvalue weighted by Gasteiger charge is -2.28. The van der Waals surface area contributed by atoms with E-state index >= 15 is 0 Å². The summed E-state index contributed by atoms with van der Waals surface area (Å²) in [6.45, 7) is 7.45. The highest BCUT2D eigenvalue weighted by molar-refractivity contribution is 7.92. The molecule has 2 amide bonds. The predicted molar refractivity (Wildman–Crippen MR) is 168 cm³/mol. The second kappa shape index (κ2) is 18.9. The molecular formula is C31H46ClF2N3O5S. The number of rotatable bonds is 18. The topological polar surface area (TPSA) is 125 Å². The zero-order chi connectivity index (χ0) is 31.3. The highest BCUT2D eigenvalue weighted by Crippen LogP contribution is 2.18. The lowest BCUT2D eigenvalue weighted by atomic mass is 10.00. The van der Waals surface area contributed by atoms with E-state index in [1.54, 1.807) is 0 Å². The number of aliphatic hydroxyl groups is 1. The Kier molecular flexibility index (Phi) is 16.9. The molecule has 4 N–H and O–H groups in total.